The van der Waals surface area contributed by atoms with Crippen LogP contribution >= 0.6 is 15.9 Å². The average molecular weight is 329 g/mol. The van der Waals surface area contributed by atoms with Crippen molar-refractivity contribution in [3.05, 3.63) is 58.7 Å². The summed E-state index contributed by atoms with van der Waals surface area (Å²) in [6.07, 6.45) is 3.05. The number of pyridine rings is 1. The maximum Gasteiger partial charge on any atom is 0.243 e. The van der Waals surface area contributed by atoms with E-state index in [2.05, 4.69) is 61.7 Å². The molecule has 0 amide bonds. The van der Waals surface area contributed by atoms with E-state index in [9.17, 15) is 0 Å². The zero-order chi connectivity index (χ0) is 13.5. The molecule has 2 aromatic heterocycles. The number of fused-ring (bicyclic) bond motifs is 1. The third-order valence-corrected chi connectivity index (χ3v) is 4.10. The molecule has 20 heavy (non-hydrogen) atoms. The Kier molecular flexibility index (Phi) is 2.73. The van der Waals surface area contributed by atoms with E-state index in [4.69, 9.17) is 0 Å². The van der Waals surface area contributed by atoms with Crippen LogP contribution in [0.5, 0.6) is 0 Å². The fraction of sp³-hybridized carbons (Fsp3) is 0.200. The van der Waals surface area contributed by atoms with Gasteiger partial charge < -0.3 is 5.32 Å². The zero-order valence-corrected chi connectivity index (χ0v) is 12.3. The lowest BCUT2D eigenvalue weighted by Gasteiger charge is -2.00. The maximum atomic E-state index is 4.48. The van der Waals surface area contributed by atoms with Crippen LogP contribution in [0.2, 0.25) is 0 Å². The molecule has 0 spiro atoms. The van der Waals surface area contributed by atoms with Gasteiger partial charge in [0.25, 0.3) is 0 Å². The summed E-state index contributed by atoms with van der Waals surface area (Å²) in [5.41, 5.74) is 2.24. The summed E-state index contributed by atoms with van der Waals surface area (Å²) in [4.78, 5) is 4.48. The molecule has 4 nitrogen and oxygen atoms in total. The monoisotopic (exact) mass is 328 g/mol. The number of benzene rings is 1. The molecule has 0 saturated heterocycles. The van der Waals surface area contributed by atoms with Crippen LogP contribution in [-0.2, 0) is 0 Å². The first kappa shape index (κ1) is 11.9. The highest BCUT2D eigenvalue weighted by molar-refractivity contribution is 9.10. The average Bonchev–Trinajstić information content (AvgIpc) is 3.10. The third-order valence-electron chi connectivity index (χ3n) is 3.63. The SMILES string of the molecule is Brc1ccc2nc(NC3CC3c3ccccc3)nn2c1. The van der Waals surface area contributed by atoms with Crippen molar-refractivity contribution in [2.24, 2.45) is 0 Å². The molecule has 1 N–H and O–H groups in total. The first-order valence-corrected chi connectivity index (χ1v) is 7.42. The van der Waals surface area contributed by atoms with Crippen molar-refractivity contribution in [1.82, 2.24) is 14.6 Å². The zero-order valence-electron chi connectivity index (χ0n) is 10.7. The van der Waals surface area contributed by atoms with Crippen molar-refractivity contribution < 1.29 is 0 Å². The van der Waals surface area contributed by atoms with Gasteiger partial charge in [0.2, 0.25) is 5.95 Å². The Morgan fingerprint density at radius 2 is 2.00 bits per heavy atom. The Labute approximate surface area is 125 Å². The number of aromatic nitrogens is 3. The Balaban J connectivity index is 1.52. The van der Waals surface area contributed by atoms with Gasteiger partial charge in [-0.1, -0.05) is 30.3 Å². The number of nitrogens with one attached hydrogen (secondary N) is 1. The molecule has 2 atom stereocenters. The predicted molar refractivity (Wildman–Crippen MR) is 81.9 cm³/mol. The second-order valence-electron chi connectivity index (χ2n) is 5.09. The number of halogens is 1. The van der Waals surface area contributed by atoms with E-state index in [1.165, 1.54) is 5.56 Å². The van der Waals surface area contributed by atoms with Crippen LogP contribution in [0.3, 0.4) is 0 Å². The lowest BCUT2D eigenvalue weighted by atomic mass is 10.1. The molecule has 100 valence electrons. The van der Waals surface area contributed by atoms with E-state index in [0.29, 0.717) is 17.9 Å². The standard InChI is InChI=1S/C15H13BrN4/c16-11-6-7-14-18-15(19-20(14)9-11)17-13-8-12(13)10-4-2-1-3-5-10/h1-7,9,12-13H,8H2,(H,17,19). The van der Waals surface area contributed by atoms with Gasteiger partial charge in [0.1, 0.15) is 0 Å². The topological polar surface area (TPSA) is 42.2 Å². The molecule has 1 fully saturated rings. The van der Waals surface area contributed by atoms with E-state index in [1.807, 2.05) is 18.3 Å². The number of rotatable bonds is 3. The fourth-order valence-corrected chi connectivity index (χ4v) is 2.83. The van der Waals surface area contributed by atoms with Crippen molar-refractivity contribution in [3.63, 3.8) is 0 Å². The summed E-state index contributed by atoms with van der Waals surface area (Å²) in [5, 5.41) is 7.86. The summed E-state index contributed by atoms with van der Waals surface area (Å²) >= 11 is 3.44. The molecule has 2 heterocycles. The number of hydrogen-bond donors (Lipinski definition) is 1. The minimum atomic E-state index is 0.443. The summed E-state index contributed by atoms with van der Waals surface area (Å²) in [6, 6.07) is 15.0. The Bertz CT molecular complexity index is 753. The van der Waals surface area contributed by atoms with E-state index >= 15 is 0 Å². The van der Waals surface area contributed by atoms with Gasteiger partial charge in [-0.05, 0) is 40.0 Å². The van der Waals surface area contributed by atoms with Gasteiger partial charge in [-0.25, -0.2) is 4.52 Å². The third kappa shape index (κ3) is 2.18. The van der Waals surface area contributed by atoms with Crippen LogP contribution in [0.4, 0.5) is 5.95 Å². The smallest absolute Gasteiger partial charge is 0.243 e. The molecule has 0 bridgehead atoms. The highest BCUT2D eigenvalue weighted by Crippen LogP contribution is 2.42. The summed E-state index contributed by atoms with van der Waals surface area (Å²) in [7, 11) is 0. The van der Waals surface area contributed by atoms with Crippen LogP contribution < -0.4 is 5.32 Å². The maximum absolute atomic E-state index is 4.48. The molecule has 1 aliphatic carbocycles. The summed E-state index contributed by atoms with van der Waals surface area (Å²) in [6.45, 7) is 0. The van der Waals surface area contributed by atoms with Crippen LogP contribution in [-0.4, -0.2) is 20.6 Å². The molecular weight excluding hydrogens is 316 g/mol. The Morgan fingerprint density at radius 1 is 1.15 bits per heavy atom. The lowest BCUT2D eigenvalue weighted by molar-refractivity contribution is 0.938. The molecule has 1 aromatic carbocycles. The summed E-state index contributed by atoms with van der Waals surface area (Å²) < 4.78 is 2.78. The molecule has 1 aliphatic rings. The van der Waals surface area contributed by atoms with Crippen LogP contribution in [0.1, 0.15) is 17.9 Å². The second kappa shape index (κ2) is 4.59. The van der Waals surface area contributed by atoms with Crippen LogP contribution in [0.25, 0.3) is 5.65 Å². The van der Waals surface area contributed by atoms with Crippen molar-refractivity contribution in [2.75, 3.05) is 5.32 Å². The quantitative estimate of drug-likeness (QED) is 0.800. The van der Waals surface area contributed by atoms with Crippen molar-refractivity contribution in [1.29, 1.82) is 0 Å². The van der Waals surface area contributed by atoms with Gasteiger partial charge in [-0.2, -0.15) is 4.98 Å². The van der Waals surface area contributed by atoms with Crippen LogP contribution in [0, 0.1) is 0 Å². The van der Waals surface area contributed by atoms with Crippen LogP contribution in [0.15, 0.2) is 53.1 Å². The van der Waals surface area contributed by atoms with E-state index in [1.54, 1.807) is 4.52 Å². The van der Waals surface area contributed by atoms with Gasteiger partial charge in [-0.15, -0.1) is 5.10 Å². The largest absolute Gasteiger partial charge is 0.350 e. The van der Waals surface area contributed by atoms with Gasteiger partial charge in [0.15, 0.2) is 5.65 Å². The summed E-state index contributed by atoms with van der Waals surface area (Å²) in [5.74, 6) is 1.28. The first-order valence-electron chi connectivity index (χ1n) is 6.63. The van der Waals surface area contributed by atoms with Gasteiger partial charge >= 0.3 is 0 Å². The molecule has 4 rings (SSSR count). The number of anilines is 1. The van der Waals surface area contributed by atoms with E-state index in [-0.39, 0.29) is 0 Å². The number of nitrogens with zero attached hydrogens (tertiary/aromatic N) is 3. The van der Waals surface area contributed by atoms with Crippen molar-refractivity contribution in [2.45, 2.75) is 18.4 Å². The fourth-order valence-electron chi connectivity index (χ4n) is 2.51. The first-order chi connectivity index (χ1) is 9.79. The molecule has 3 aromatic rings. The van der Waals surface area contributed by atoms with Crippen molar-refractivity contribution >= 4 is 27.5 Å². The molecule has 0 radical (unpaired) electrons. The molecule has 1 saturated carbocycles. The minimum absolute atomic E-state index is 0.443. The molecule has 5 heteroatoms. The number of hydrogen-bond acceptors (Lipinski definition) is 3. The molecular formula is C15H13BrN4. The predicted octanol–water partition coefficient (Wildman–Crippen LogP) is 3.46. The van der Waals surface area contributed by atoms with E-state index < -0.39 is 0 Å². The van der Waals surface area contributed by atoms with E-state index in [0.717, 1.165) is 16.5 Å². The normalized spacial score (nSPS) is 21.1. The van der Waals surface area contributed by atoms with Gasteiger partial charge in [0, 0.05) is 22.6 Å². The highest BCUT2D eigenvalue weighted by Gasteiger charge is 2.38. The minimum Gasteiger partial charge on any atom is -0.350 e. The highest BCUT2D eigenvalue weighted by atomic mass is 79.9. The van der Waals surface area contributed by atoms with Gasteiger partial charge in [0.05, 0.1) is 0 Å². The Hall–Kier alpha value is -1.88. The lowest BCUT2D eigenvalue weighted by Crippen LogP contribution is -2.05. The van der Waals surface area contributed by atoms with Gasteiger partial charge in [-0.3, -0.25) is 0 Å². The second-order valence-corrected chi connectivity index (χ2v) is 6.00. The molecule has 0 aliphatic heterocycles. The molecule has 2 unspecified atom stereocenters. The Morgan fingerprint density at radius 3 is 2.85 bits per heavy atom. The van der Waals surface area contributed by atoms with Crippen molar-refractivity contribution in [3.8, 4) is 0 Å².